The Balaban J connectivity index is 2.12. The lowest BCUT2D eigenvalue weighted by Crippen LogP contribution is -2.13. The summed E-state index contributed by atoms with van der Waals surface area (Å²) in [5.74, 6) is 2.69. The van der Waals surface area contributed by atoms with Crippen LogP contribution in [0.1, 0.15) is 70.4 Å². The van der Waals surface area contributed by atoms with Crippen molar-refractivity contribution < 1.29 is 0 Å². The van der Waals surface area contributed by atoms with Crippen LogP contribution in [0.2, 0.25) is 0 Å². The maximum atomic E-state index is 4.64. The summed E-state index contributed by atoms with van der Waals surface area (Å²) < 4.78 is 0. The lowest BCUT2D eigenvalue weighted by atomic mass is 9.89. The fourth-order valence-electron chi connectivity index (χ4n) is 2.17. The van der Waals surface area contributed by atoms with Gasteiger partial charge in [0.2, 0.25) is 0 Å². The average molecular weight is 207 g/mol. The second-order valence-electron chi connectivity index (χ2n) is 5.63. The van der Waals surface area contributed by atoms with Crippen molar-refractivity contribution in [3.05, 3.63) is 11.6 Å². The maximum absolute atomic E-state index is 4.64. The van der Waals surface area contributed by atoms with Gasteiger partial charge in [0.1, 0.15) is 5.82 Å². The van der Waals surface area contributed by atoms with Crippen LogP contribution >= 0.6 is 0 Å². The van der Waals surface area contributed by atoms with E-state index in [1.165, 1.54) is 32.1 Å². The number of aromatic amines is 1. The predicted molar refractivity (Wildman–Crippen MR) is 60.9 cm³/mol. The number of H-pyrrole nitrogens is 1. The number of aromatic nitrogens is 3. The molecule has 1 fully saturated rings. The highest BCUT2D eigenvalue weighted by molar-refractivity contribution is 5.05. The molecule has 1 saturated carbocycles. The molecule has 0 radical (unpaired) electrons. The predicted octanol–water partition coefficient (Wildman–Crippen LogP) is 3.15. The molecule has 0 spiro atoms. The van der Waals surface area contributed by atoms with Crippen molar-refractivity contribution in [2.45, 2.75) is 64.2 Å². The van der Waals surface area contributed by atoms with Crippen molar-refractivity contribution in [2.75, 3.05) is 0 Å². The van der Waals surface area contributed by atoms with E-state index >= 15 is 0 Å². The average Bonchev–Trinajstić information content (AvgIpc) is 2.67. The van der Waals surface area contributed by atoms with Crippen LogP contribution in [0.3, 0.4) is 0 Å². The summed E-state index contributed by atoms with van der Waals surface area (Å²) in [5, 5.41) is 7.45. The summed E-state index contributed by atoms with van der Waals surface area (Å²) in [6.45, 7) is 6.46. The van der Waals surface area contributed by atoms with E-state index in [9.17, 15) is 0 Å². The van der Waals surface area contributed by atoms with Crippen LogP contribution in [0.15, 0.2) is 0 Å². The van der Waals surface area contributed by atoms with Crippen LogP contribution in [0.4, 0.5) is 0 Å². The molecule has 3 heteroatoms. The van der Waals surface area contributed by atoms with E-state index in [0.717, 1.165) is 11.6 Å². The molecule has 84 valence electrons. The van der Waals surface area contributed by atoms with Crippen molar-refractivity contribution in [2.24, 2.45) is 0 Å². The summed E-state index contributed by atoms with van der Waals surface area (Å²) in [4.78, 5) is 4.64. The van der Waals surface area contributed by atoms with Gasteiger partial charge in [-0.25, -0.2) is 4.98 Å². The minimum Gasteiger partial charge on any atom is -0.263 e. The second kappa shape index (κ2) is 3.95. The Morgan fingerprint density at radius 2 is 1.80 bits per heavy atom. The van der Waals surface area contributed by atoms with Crippen molar-refractivity contribution in [3.8, 4) is 0 Å². The molecule has 0 bridgehead atoms. The molecule has 0 atom stereocenters. The first-order valence-electron chi connectivity index (χ1n) is 6.00. The van der Waals surface area contributed by atoms with Gasteiger partial charge in [-0.1, -0.05) is 40.0 Å². The smallest absolute Gasteiger partial charge is 0.156 e. The van der Waals surface area contributed by atoms with Crippen molar-refractivity contribution in [1.82, 2.24) is 15.2 Å². The summed E-state index contributed by atoms with van der Waals surface area (Å²) >= 11 is 0. The van der Waals surface area contributed by atoms with Gasteiger partial charge in [0, 0.05) is 11.3 Å². The molecule has 0 aromatic carbocycles. The van der Waals surface area contributed by atoms with Crippen molar-refractivity contribution in [1.29, 1.82) is 0 Å². The molecule has 0 unspecified atom stereocenters. The summed E-state index contributed by atoms with van der Waals surface area (Å²) in [6.07, 6.45) is 6.63. The van der Waals surface area contributed by atoms with Gasteiger partial charge in [0.15, 0.2) is 5.82 Å². The summed E-state index contributed by atoms with van der Waals surface area (Å²) in [7, 11) is 0. The number of nitrogens with one attached hydrogen (secondary N) is 1. The first-order valence-corrected chi connectivity index (χ1v) is 6.00. The van der Waals surface area contributed by atoms with Crippen LogP contribution < -0.4 is 0 Å². The second-order valence-corrected chi connectivity index (χ2v) is 5.63. The monoisotopic (exact) mass is 207 g/mol. The van der Waals surface area contributed by atoms with Crippen LogP contribution in [0.5, 0.6) is 0 Å². The molecule has 2 rings (SSSR count). The van der Waals surface area contributed by atoms with E-state index in [2.05, 4.69) is 36.0 Å². The minimum absolute atomic E-state index is 0.0589. The summed E-state index contributed by atoms with van der Waals surface area (Å²) in [6, 6.07) is 0. The van der Waals surface area contributed by atoms with Crippen LogP contribution in [0.25, 0.3) is 0 Å². The van der Waals surface area contributed by atoms with Crippen LogP contribution in [-0.2, 0) is 5.41 Å². The molecule has 15 heavy (non-hydrogen) atoms. The van der Waals surface area contributed by atoms with Gasteiger partial charge in [-0.3, -0.25) is 5.10 Å². The number of nitrogens with zero attached hydrogens (tertiary/aromatic N) is 2. The van der Waals surface area contributed by atoms with Gasteiger partial charge in [-0.05, 0) is 12.8 Å². The third-order valence-corrected chi connectivity index (χ3v) is 3.17. The molecule has 0 saturated heterocycles. The molecule has 1 heterocycles. The minimum atomic E-state index is 0.0589. The zero-order chi connectivity index (χ0) is 10.9. The van der Waals surface area contributed by atoms with Gasteiger partial charge < -0.3 is 0 Å². The fourth-order valence-corrected chi connectivity index (χ4v) is 2.17. The normalized spacial score (nSPS) is 19.4. The van der Waals surface area contributed by atoms with Gasteiger partial charge in [-0.15, -0.1) is 0 Å². The first-order chi connectivity index (χ1) is 7.07. The first kappa shape index (κ1) is 10.7. The van der Waals surface area contributed by atoms with E-state index in [4.69, 9.17) is 0 Å². The third kappa shape index (κ3) is 2.39. The Hall–Kier alpha value is -0.860. The quantitative estimate of drug-likeness (QED) is 0.768. The molecular weight excluding hydrogens is 186 g/mol. The number of hydrogen-bond acceptors (Lipinski definition) is 2. The van der Waals surface area contributed by atoms with E-state index < -0.39 is 0 Å². The number of hydrogen-bond donors (Lipinski definition) is 1. The Morgan fingerprint density at radius 3 is 2.33 bits per heavy atom. The Morgan fingerprint density at radius 1 is 1.13 bits per heavy atom. The van der Waals surface area contributed by atoms with Gasteiger partial charge >= 0.3 is 0 Å². The Bertz CT molecular complexity index is 316. The molecule has 1 aliphatic carbocycles. The van der Waals surface area contributed by atoms with Gasteiger partial charge in [0.05, 0.1) is 0 Å². The van der Waals surface area contributed by atoms with Crippen LogP contribution in [-0.4, -0.2) is 15.2 Å². The Kier molecular flexibility index (Phi) is 2.81. The highest BCUT2D eigenvalue weighted by Crippen LogP contribution is 2.31. The molecule has 1 aliphatic rings. The fraction of sp³-hybridized carbons (Fsp3) is 0.833. The molecule has 0 aliphatic heterocycles. The summed E-state index contributed by atoms with van der Waals surface area (Å²) in [5.41, 5.74) is 0.0589. The lowest BCUT2D eigenvalue weighted by molar-refractivity contribution is 0.428. The molecule has 1 aromatic heterocycles. The standard InChI is InChI=1S/C12H21N3/c1-12(2,3)11-13-10(14-15-11)9-7-5-4-6-8-9/h9H,4-8H2,1-3H3,(H,13,14,15). The molecular formula is C12H21N3. The van der Waals surface area contributed by atoms with E-state index in [1.807, 2.05) is 0 Å². The number of rotatable bonds is 1. The van der Waals surface area contributed by atoms with Gasteiger partial charge in [0.25, 0.3) is 0 Å². The molecule has 0 amide bonds. The van der Waals surface area contributed by atoms with E-state index in [0.29, 0.717) is 5.92 Å². The van der Waals surface area contributed by atoms with E-state index in [1.54, 1.807) is 0 Å². The zero-order valence-electron chi connectivity index (χ0n) is 10.0. The highest BCUT2D eigenvalue weighted by Gasteiger charge is 2.23. The topological polar surface area (TPSA) is 41.6 Å². The molecule has 1 aromatic rings. The maximum Gasteiger partial charge on any atom is 0.156 e. The lowest BCUT2D eigenvalue weighted by Gasteiger charge is -2.19. The van der Waals surface area contributed by atoms with Crippen molar-refractivity contribution in [3.63, 3.8) is 0 Å². The third-order valence-electron chi connectivity index (χ3n) is 3.17. The SMILES string of the molecule is CC(C)(C)c1n[nH]c(C2CCCCC2)n1. The molecule has 3 nitrogen and oxygen atoms in total. The molecule has 1 N–H and O–H groups in total. The zero-order valence-corrected chi connectivity index (χ0v) is 10.0. The van der Waals surface area contributed by atoms with Crippen molar-refractivity contribution >= 4 is 0 Å². The van der Waals surface area contributed by atoms with Gasteiger partial charge in [-0.2, -0.15) is 5.10 Å². The Labute approximate surface area is 91.7 Å². The largest absolute Gasteiger partial charge is 0.263 e. The van der Waals surface area contributed by atoms with Crippen LogP contribution in [0, 0.1) is 0 Å². The highest BCUT2D eigenvalue weighted by atomic mass is 15.2. The van der Waals surface area contributed by atoms with E-state index in [-0.39, 0.29) is 5.41 Å².